The molecule has 0 spiro atoms. The number of amides is 2. The van der Waals surface area contributed by atoms with Gasteiger partial charge in [0.25, 0.3) is 11.5 Å². The minimum atomic E-state index is -0.395. The molecule has 0 unspecified atom stereocenters. The Kier molecular flexibility index (Phi) is 9.54. The van der Waals surface area contributed by atoms with Crippen LogP contribution in [-0.4, -0.2) is 48.9 Å². The first-order chi connectivity index (χ1) is 19.3. The van der Waals surface area contributed by atoms with Crippen molar-refractivity contribution in [1.29, 1.82) is 0 Å². The second-order valence-electron chi connectivity index (χ2n) is 10.1. The number of carbonyl (C=O) groups excluding carboxylic acids is 3. The van der Waals surface area contributed by atoms with Crippen LogP contribution in [0.3, 0.4) is 0 Å². The van der Waals surface area contributed by atoms with Gasteiger partial charge in [-0.1, -0.05) is 25.7 Å². The largest absolute Gasteiger partial charge is 0.352 e. The normalized spacial score (nSPS) is 13.4. The van der Waals surface area contributed by atoms with Crippen molar-refractivity contribution in [2.45, 2.75) is 77.7 Å². The van der Waals surface area contributed by atoms with Crippen LogP contribution in [0.2, 0.25) is 0 Å². The van der Waals surface area contributed by atoms with E-state index in [9.17, 15) is 19.2 Å². The molecule has 1 fully saturated rings. The molecule has 1 saturated carbocycles. The number of aromatic nitrogens is 4. The van der Waals surface area contributed by atoms with Crippen LogP contribution in [0.1, 0.15) is 97.0 Å². The fourth-order valence-corrected chi connectivity index (χ4v) is 5.15. The monoisotopic (exact) mass is 549 g/mol. The summed E-state index contributed by atoms with van der Waals surface area (Å²) in [7, 11) is 0. The molecule has 4 N–H and O–H groups in total. The summed E-state index contributed by atoms with van der Waals surface area (Å²) in [6, 6.07) is 3.29. The second-order valence-corrected chi connectivity index (χ2v) is 10.1. The number of nitrogens with zero attached hydrogens (tertiary/aromatic N) is 4. The molecular weight excluding hydrogens is 514 g/mol. The van der Waals surface area contributed by atoms with Gasteiger partial charge in [0, 0.05) is 36.8 Å². The first kappa shape index (κ1) is 28.8. The Morgan fingerprint density at radius 3 is 2.48 bits per heavy atom. The minimum absolute atomic E-state index is 0.0138. The molecule has 0 radical (unpaired) electrons. The van der Waals surface area contributed by atoms with Gasteiger partial charge in [-0.05, 0) is 57.2 Å². The number of aryl methyl sites for hydroxylation is 1. The van der Waals surface area contributed by atoms with Crippen molar-refractivity contribution in [1.82, 2.24) is 30.3 Å². The van der Waals surface area contributed by atoms with Crippen molar-refractivity contribution in [3.05, 3.63) is 51.6 Å². The lowest BCUT2D eigenvalue weighted by atomic mass is 10.0. The van der Waals surface area contributed by atoms with E-state index < -0.39 is 5.91 Å². The van der Waals surface area contributed by atoms with E-state index in [4.69, 9.17) is 5.21 Å². The smallest absolute Gasteiger partial charge is 0.263 e. The molecule has 2 amide bonds. The van der Waals surface area contributed by atoms with Gasteiger partial charge >= 0.3 is 0 Å². The van der Waals surface area contributed by atoms with E-state index >= 15 is 0 Å². The number of pyridine rings is 2. The number of nitrogens with one attached hydrogen (secondary N) is 3. The summed E-state index contributed by atoms with van der Waals surface area (Å²) in [5, 5.41) is 15.0. The molecule has 212 valence electrons. The molecule has 12 heteroatoms. The van der Waals surface area contributed by atoms with E-state index in [-0.39, 0.29) is 41.2 Å². The highest BCUT2D eigenvalue weighted by molar-refractivity contribution is 5.99. The fraction of sp³-hybridized carbons (Fsp3) is 0.464. The second kappa shape index (κ2) is 13.2. The van der Waals surface area contributed by atoms with Crippen molar-refractivity contribution >= 4 is 40.4 Å². The number of anilines is 2. The quantitative estimate of drug-likeness (QED) is 0.114. The Morgan fingerprint density at radius 2 is 1.80 bits per heavy atom. The van der Waals surface area contributed by atoms with Crippen molar-refractivity contribution in [2.75, 3.05) is 11.9 Å². The van der Waals surface area contributed by atoms with Crippen LogP contribution in [0.25, 0.3) is 11.0 Å². The molecule has 4 rings (SSSR count). The van der Waals surface area contributed by atoms with E-state index in [0.717, 1.165) is 44.9 Å². The fourth-order valence-electron chi connectivity index (χ4n) is 5.15. The Bertz CT molecular complexity index is 1450. The maximum atomic E-state index is 13.4. The van der Waals surface area contributed by atoms with Crippen molar-refractivity contribution in [2.24, 2.45) is 0 Å². The van der Waals surface area contributed by atoms with Gasteiger partial charge in [0.05, 0.1) is 11.1 Å². The average molecular weight is 550 g/mol. The SMILES string of the molecule is CC(=O)c1c(C)c2cnc(Nc3ccc(C(=O)NCCCCCCC(=O)NO)cn3)nc2n(C2CCCC2)c1=O. The lowest BCUT2D eigenvalue weighted by Gasteiger charge is -2.19. The van der Waals surface area contributed by atoms with Crippen LogP contribution in [0.15, 0.2) is 29.3 Å². The summed E-state index contributed by atoms with van der Waals surface area (Å²) < 4.78 is 1.66. The predicted octanol–water partition coefficient (Wildman–Crippen LogP) is 3.74. The van der Waals surface area contributed by atoms with E-state index in [1.54, 1.807) is 35.3 Å². The molecule has 40 heavy (non-hydrogen) atoms. The molecule has 0 saturated heterocycles. The third-order valence-corrected chi connectivity index (χ3v) is 7.26. The maximum absolute atomic E-state index is 13.4. The summed E-state index contributed by atoms with van der Waals surface area (Å²) in [6.45, 7) is 3.66. The van der Waals surface area contributed by atoms with Crippen LogP contribution in [-0.2, 0) is 4.79 Å². The third-order valence-electron chi connectivity index (χ3n) is 7.26. The number of hydrogen-bond donors (Lipinski definition) is 4. The van der Waals surface area contributed by atoms with Gasteiger partial charge < -0.3 is 10.6 Å². The van der Waals surface area contributed by atoms with Crippen molar-refractivity contribution in [3.8, 4) is 0 Å². The predicted molar refractivity (Wildman–Crippen MR) is 149 cm³/mol. The summed E-state index contributed by atoms with van der Waals surface area (Å²) >= 11 is 0. The molecule has 0 atom stereocenters. The van der Waals surface area contributed by atoms with Crippen LogP contribution < -0.4 is 21.7 Å². The van der Waals surface area contributed by atoms with E-state index in [2.05, 4.69) is 25.6 Å². The number of unbranched alkanes of at least 4 members (excludes halogenated alkanes) is 3. The van der Waals surface area contributed by atoms with Gasteiger partial charge in [0.15, 0.2) is 5.78 Å². The number of rotatable bonds is 12. The third kappa shape index (κ3) is 6.68. The van der Waals surface area contributed by atoms with Gasteiger partial charge in [0.1, 0.15) is 11.5 Å². The molecule has 12 nitrogen and oxygen atoms in total. The van der Waals surface area contributed by atoms with Gasteiger partial charge in [-0.3, -0.25) is 29.0 Å². The summed E-state index contributed by atoms with van der Waals surface area (Å²) in [5.41, 5.74) is 2.97. The highest BCUT2D eigenvalue weighted by Gasteiger charge is 2.25. The Morgan fingerprint density at radius 1 is 1.05 bits per heavy atom. The van der Waals surface area contributed by atoms with Crippen LogP contribution in [0.4, 0.5) is 11.8 Å². The summed E-state index contributed by atoms with van der Waals surface area (Å²) in [6.07, 6.45) is 10.3. The van der Waals surface area contributed by atoms with E-state index in [1.165, 1.54) is 13.1 Å². The number of hydroxylamine groups is 1. The molecule has 3 aromatic heterocycles. The summed E-state index contributed by atoms with van der Waals surface area (Å²) in [4.78, 5) is 62.5. The lowest BCUT2D eigenvalue weighted by molar-refractivity contribution is -0.129. The molecule has 1 aliphatic rings. The minimum Gasteiger partial charge on any atom is -0.352 e. The van der Waals surface area contributed by atoms with Gasteiger partial charge in [0.2, 0.25) is 11.9 Å². The van der Waals surface area contributed by atoms with Crippen LogP contribution >= 0.6 is 0 Å². The topological polar surface area (TPSA) is 168 Å². The van der Waals surface area contributed by atoms with Crippen molar-refractivity contribution in [3.63, 3.8) is 0 Å². The van der Waals surface area contributed by atoms with E-state index in [0.29, 0.717) is 40.9 Å². The molecule has 0 bridgehead atoms. The van der Waals surface area contributed by atoms with Crippen LogP contribution in [0, 0.1) is 6.92 Å². The molecule has 0 aromatic carbocycles. The average Bonchev–Trinajstić information content (AvgIpc) is 3.47. The highest BCUT2D eigenvalue weighted by Crippen LogP contribution is 2.32. The first-order valence-corrected chi connectivity index (χ1v) is 13.7. The molecular formula is C28H35N7O5. The Balaban J connectivity index is 1.42. The maximum Gasteiger partial charge on any atom is 0.263 e. The van der Waals surface area contributed by atoms with Gasteiger partial charge in [-0.15, -0.1) is 0 Å². The lowest BCUT2D eigenvalue weighted by Crippen LogP contribution is -2.30. The van der Waals surface area contributed by atoms with Crippen molar-refractivity contribution < 1.29 is 19.6 Å². The number of ketones is 1. The standard InChI is InChI=1S/C28H35N7O5/c1-17-21-16-31-28(33-25(21)35(20-9-6-7-10-20)27(39)24(17)18(2)36)32-22-13-12-19(15-30-22)26(38)29-14-8-4-3-5-11-23(37)34-40/h12-13,15-16,20,40H,3-11,14H2,1-2H3,(H,29,38)(H,34,37)(H,30,31,32,33). The molecule has 3 heterocycles. The number of Topliss-reactive ketones (excluding diaryl/α,β-unsaturated/α-hetero) is 1. The molecule has 0 aliphatic heterocycles. The van der Waals surface area contributed by atoms with E-state index in [1.807, 2.05) is 0 Å². The summed E-state index contributed by atoms with van der Waals surface area (Å²) in [5.74, 6) is -0.201. The highest BCUT2D eigenvalue weighted by atomic mass is 16.5. The van der Waals surface area contributed by atoms with Gasteiger partial charge in [-0.25, -0.2) is 15.4 Å². The number of hydrogen-bond acceptors (Lipinski definition) is 9. The van der Waals surface area contributed by atoms with Crippen LogP contribution in [0.5, 0.6) is 0 Å². The number of fused-ring (bicyclic) bond motifs is 1. The molecule has 3 aromatic rings. The zero-order valence-corrected chi connectivity index (χ0v) is 22.8. The number of carbonyl (C=O) groups is 3. The Hall–Kier alpha value is -4.19. The first-order valence-electron chi connectivity index (χ1n) is 13.7. The zero-order valence-electron chi connectivity index (χ0n) is 22.8. The Labute approximate surface area is 231 Å². The molecule has 1 aliphatic carbocycles. The zero-order chi connectivity index (χ0) is 28.6. The van der Waals surface area contributed by atoms with Gasteiger partial charge in [-0.2, -0.15) is 4.98 Å².